The van der Waals surface area contributed by atoms with E-state index in [1.807, 2.05) is 32.0 Å². The normalized spacial score (nSPS) is 9.67. The average Bonchev–Trinajstić information content (AvgIpc) is 2.48. The van der Waals surface area contributed by atoms with Gasteiger partial charge in [-0.2, -0.15) is 0 Å². The first-order chi connectivity index (χ1) is 10.1. The molecule has 0 spiro atoms. The van der Waals surface area contributed by atoms with Crippen molar-refractivity contribution < 1.29 is 4.79 Å². The molecular formula is C17H17N3O. The van der Waals surface area contributed by atoms with Gasteiger partial charge in [0.15, 0.2) is 0 Å². The minimum absolute atomic E-state index is 0.186. The predicted molar refractivity (Wildman–Crippen MR) is 84.0 cm³/mol. The van der Waals surface area contributed by atoms with Gasteiger partial charge in [0.1, 0.15) is 0 Å². The molecule has 4 heteroatoms. The van der Waals surface area contributed by atoms with E-state index in [2.05, 4.69) is 22.1 Å². The molecule has 106 valence electrons. The fourth-order valence-electron chi connectivity index (χ4n) is 1.90. The van der Waals surface area contributed by atoms with E-state index in [1.54, 1.807) is 18.5 Å². The average molecular weight is 279 g/mol. The van der Waals surface area contributed by atoms with E-state index in [9.17, 15) is 4.79 Å². The Balaban J connectivity index is 2.34. The van der Waals surface area contributed by atoms with Crippen molar-refractivity contribution in [1.82, 2.24) is 4.98 Å². The van der Waals surface area contributed by atoms with Crippen molar-refractivity contribution in [3.63, 3.8) is 0 Å². The van der Waals surface area contributed by atoms with E-state index in [4.69, 9.17) is 5.73 Å². The van der Waals surface area contributed by atoms with Crippen LogP contribution in [0.5, 0.6) is 0 Å². The second-order valence-electron chi connectivity index (χ2n) is 4.70. The summed E-state index contributed by atoms with van der Waals surface area (Å²) in [5, 5.41) is 2.89. The number of aromatic nitrogens is 1. The summed E-state index contributed by atoms with van der Waals surface area (Å²) in [6, 6.07) is 7.36. The number of nitrogens with one attached hydrogen (secondary N) is 1. The number of hydrogen-bond donors (Lipinski definition) is 2. The summed E-state index contributed by atoms with van der Waals surface area (Å²) in [4.78, 5) is 16.5. The summed E-state index contributed by atoms with van der Waals surface area (Å²) in [5.41, 5.74) is 9.28. The number of hydrogen-bond acceptors (Lipinski definition) is 3. The molecule has 21 heavy (non-hydrogen) atoms. The number of pyridine rings is 1. The second-order valence-corrected chi connectivity index (χ2v) is 4.70. The first-order valence-corrected chi connectivity index (χ1v) is 6.63. The number of benzene rings is 1. The quantitative estimate of drug-likeness (QED) is 0.829. The monoisotopic (exact) mass is 279 g/mol. The summed E-state index contributed by atoms with van der Waals surface area (Å²) in [6.45, 7) is 4.10. The van der Waals surface area contributed by atoms with Gasteiger partial charge in [0.25, 0.3) is 5.91 Å². The summed E-state index contributed by atoms with van der Waals surface area (Å²) in [5.74, 6) is 5.53. The molecule has 0 fully saturated rings. The summed E-state index contributed by atoms with van der Waals surface area (Å²) in [6.07, 6.45) is 3.36. The lowest BCUT2D eigenvalue weighted by Crippen LogP contribution is -2.14. The summed E-state index contributed by atoms with van der Waals surface area (Å²) >= 11 is 0. The van der Waals surface area contributed by atoms with E-state index >= 15 is 0 Å². The van der Waals surface area contributed by atoms with Crippen molar-refractivity contribution in [3.8, 4) is 11.8 Å². The molecule has 0 unspecified atom stereocenters. The lowest BCUT2D eigenvalue weighted by atomic mass is 10.0. The fourth-order valence-corrected chi connectivity index (χ4v) is 1.90. The largest absolute Gasteiger partial charge is 0.322 e. The maximum atomic E-state index is 12.5. The molecule has 2 rings (SSSR count). The van der Waals surface area contributed by atoms with E-state index in [-0.39, 0.29) is 12.5 Å². The van der Waals surface area contributed by atoms with Gasteiger partial charge in [0.2, 0.25) is 0 Å². The third-order valence-electron chi connectivity index (χ3n) is 3.01. The number of carbonyl (C=O) groups excluding carboxylic acids is 1. The van der Waals surface area contributed by atoms with Gasteiger partial charge in [-0.15, -0.1) is 0 Å². The van der Waals surface area contributed by atoms with Gasteiger partial charge in [-0.05, 0) is 37.6 Å². The van der Waals surface area contributed by atoms with Crippen molar-refractivity contribution in [2.24, 2.45) is 5.73 Å². The highest BCUT2D eigenvalue weighted by molar-refractivity contribution is 6.06. The van der Waals surface area contributed by atoms with Crippen LogP contribution in [0.3, 0.4) is 0 Å². The van der Waals surface area contributed by atoms with Gasteiger partial charge in [0.05, 0.1) is 12.1 Å². The molecule has 1 heterocycles. The van der Waals surface area contributed by atoms with Gasteiger partial charge in [-0.1, -0.05) is 23.5 Å². The third kappa shape index (κ3) is 3.68. The molecule has 0 radical (unpaired) electrons. The zero-order chi connectivity index (χ0) is 15.2. The molecule has 1 aromatic heterocycles. The van der Waals surface area contributed by atoms with Gasteiger partial charge < -0.3 is 11.1 Å². The summed E-state index contributed by atoms with van der Waals surface area (Å²) in [7, 11) is 0. The Morgan fingerprint density at radius 1 is 1.33 bits per heavy atom. The Morgan fingerprint density at radius 3 is 2.86 bits per heavy atom. The molecule has 1 aromatic carbocycles. The van der Waals surface area contributed by atoms with Crippen LogP contribution in [-0.2, 0) is 0 Å². The zero-order valence-corrected chi connectivity index (χ0v) is 12.1. The fraction of sp³-hybridized carbons (Fsp3) is 0.176. The van der Waals surface area contributed by atoms with Crippen LogP contribution in [0.2, 0.25) is 0 Å². The number of amides is 1. The maximum absolute atomic E-state index is 12.5. The zero-order valence-electron chi connectivity index (χ0n) is 12.1. The molecule has 2 aromatic rings. The van der Waals surface area contributed by atoms with Gasteiger partial charge in [-0.25, -0.2) is 0 Å². The number of aryl methyl sites for hydroxylation is 2. The van der Waals surface area contributed by atoms with Crippen LogP contribution in [0.4, 0.5) is 5.69 Å². The van der Waals surface area contributed by atoms with Gasteiger partial charge in [-0.3, -0.25) is 9.78 Å². The van der Waals surface area contributed by atoms with Crippen molar-refractivity contribution in [2.45, 2.75) is 13.8 Å². The third-order valence-corrected chi connectivity index (χ3v) is 3.01. The topological polar surface area (TPSA) is 68.0 Å². The molecular weight excluding hydrogens is 262 g/mol. The molecule has 0 aliphatic rings. The minimum atomic E-state index is -0.186. The Kier molecular flexibility index (Phi) is 4.70. The first kappa shape index (κ1) is 14.8. The standard InChI is InChI=1S/C17H17N3O/c1-12-5-6-14(4-3-8-18)15(10-12)17(21)20-16-7-9-19-11-13(16)2/h5-7,9-11H,8,18H2,1-2H3,(H,19,20,21). The highest BCUT2D eigenvalue weighted by atomic mass is 16.1. The molecule has 0 atom stereocenters. The van der Waals surface area contributed by atoms with Crippen LogP contribution in [0.25, 0.3) is 0 Å². The van der Waals surface area contributed by atoms with E-state index in [0.717, 1.165) is 16.8 Å². The molecule has 0 saturated heterocycles. The number of carbonyl (C=O) groups is 1. The van der Waals surface area contributed by atoms with E-state index < -0.39 is 0 Å². The predicted octanol–water partition coefficient (Wildman–Crippen LogP) is 2.26. The Bertz CT molecular complexity index is 726. The number of rotatable bonds is 2. The van der Waals surface area contributed by atoms with Gasteiger partial charge >= 0.3 is 0 Å². The maximum Gasteiger partial charge on any atom is 0.256 e. The molecule has 0 aliphatic heterocycles. The number of nitrogens with two attached hydrogens (primary N) is 1. The van der Waals surface area contributed by atoms with Crippen LogP contribution < -0.4 is 11.1 Å². The number of anilines is 1. The van der Waals surface area contributed by atoms with Crippen molar-refractivity contribution in [2.75, 3.05) is 11.9 Å². The SMILES string of the molecule is Cc1ccc(C#CCN)c(C(=O)Nc2ccncc2C)c1. The van der Waals surface area contributed by atoms with Crippen LogP contribution in [0.15, 0.2) is 36.7 Å². The first-order valence-electron chi connectivity index (χ1n) is 6.63. The van der Waals surface area contributed by atoms with Gasteiger partial charge in [0, 0.05) is 23.6 Å². The van der Waals surface area contributed by atoms with Crippen molar-refractivity contribution >= 4 is 11.6 Å². The Hall–Kier alpha value is -2.64. The molecule has 0 saturated carbocycles. The molecule has 1 amide bonds. The van der Waals surface area contributed by atoms with Crippen LogP contribution in [0, 0.1) is 25.7 Å². The van der Waals surface area contributed by atoms with Crippen LogP contribution >= 0.6 is 0 Å². The lowest BCUT2D eigenvalue weighted by Gasteiger charge is -2.09. The lowest BCUT2D eigenvalue weighted by molar-refractivity contribution is 0.102. The van der Waals surface area contributed by atoms with Crippen LogP contribution in [0.1, 0.15) is 27.0 Å². The van der Waals surface area contributed by atoms with Crippen molar-refractivity contribution in [3.05, 3.63) is 58.9 Å². The van der Waals surface area contributed by atoms with E-state index in [0.29, 0.717) is 11.1 Å². The molecule has 4 nitrogen and oxygen atoms in total. The van der Waals surface area contributed by atoms with Crippen LogP contribution in [-0.4, -0.2) is 17.4 Å². The molecule has 0 aliphatic carbocycles. The second kappa shape index (κ2) is 6.69. The van der Waals surface area contributed by atoms with Crippen molar-refractivity contribution in [1.29, 1.82) is 0 Å². The highest BCUT2D eigenvalue weighted by Crippen LogP contribution is 2.16. The Labute approximate surface area is 124 Å². The molecule has 3 N–H and O–H groups in total. The smallest absolute Gasteiger partial charge is 0.256 e. The molecule has 0 bridgehead atoms. The van der Waals surface area contributed by atoms with E-state index in [1.165, 1.54) is 0 Å². The highest BCUT2D eigenvalue weighted by Gasteiger charge is 2.12. The summed E-state index contributed by atoms with van der Waals surface area (Å²) < 4.78 is 0. The minimum Gasteiger partial charge on any atom is -0.322 e. The number of nitrogens with zero attached hydrogens (tertiary/aromatic N) is 1. The Morgan fingerprint density at radius 2 is 2.14 bits per heavy atom.